The molecule has 4 rings (SSSR count). The number of fused-ring (bicyclic) bond motifs is 3. The summed E-state index contributed by atoms with van der Waals surface area (Å²) in [5.74, 6) is 0.510. The van der Waals surface area contributed by atoms with Gasteiger partial charge in [-0.1, -0.05) is 40.2 Å². The Morgan fingerprint density at radius 1 is 1.00 bits per heavy atom. The molecule has 0 radical (unpaired) electrons. The minimum Gasteiger partial charge on any atom is -0.298 e. The molecular weight excluding hydrogens is 328 g/mol. The summed E-state index contributed by atoms with van der Waals surface area (Å²) in [5, 5.41) is 0.493. The Bertz CT molecular complexity index is 549. The van der Waals surface area contributed by atoms with Crippen LogP contribution in [0.3, 0.4) is 0 Å². The zero-order valence-electron chi connectivity index (χ0n) is 12.5. The van der Waals surface area contributed by atoms with Gasteiger partial charge in [0.05, 0.1) is 5.33 Å². The van der Waals surface area contributed by atoms with Gasteiger partial charge in [-0.15, -0.1) is 0 Å². The third-order valence-corrected chi connectivity index (χ3v) is 6.37. The van der Waals surface area contributed by atoms with Crippen molar-refractivity contribution in [2.75, 3.05) is 5.33 Å². The average molecular weight is 349 g/mol. The lowest BCUT2D eigenvalue weighted by Crippen LogP contribution is -2.48. The van der Waals surface area contributed by atoms with Crippen molar-refractivity contribution in [2.24, 2.45) is 5.41 Å². The van der Waals surface area contributed by atoms with E-state index in [0.29, 0.717) is 11.1 Å². The third-order valence-electron chi connectivity index (χ3n) is 5.86. The monoisotopic (exact) mass is 348 g/mol. The normalized spacial score (nSPS) is 31.1. The number of Topliss-reactive ketones (excluding diaryl/α,β-unsaturated/α-hetero) is 2. The molecule has 21 heavy (non-hydrogen) atoms. The van der Waals surface area contributed by atoms with Crippen LogP contribution in [0.2, 0.25) is 0 Å². The van der Waals surface area contributed by atoms with E-state index in [1.54, 1.807) is 6.92 Å². The molecule has 0 aliphatic heterocycles. The quantitative estimate of drug-likeness (QED) is 0.595. The van der Waals surface area contributed by atoms with Crippen LogP contribution >= 0.6 is 15.9 Å². The summed E-state index contributed by atoms with van der Waals surface area (Å²) >= 11 is 3.34. The van der Waals surface area contributed by atoms with Crippen molar-refractivity contribution in [3.8, 4) is 0 Å². The van der Waals surface area contributed by atoms with E-state index in [1.807, 2.05) is 12.1 Å². The first-order chi connectivity index (χ1) is 10.0. The van der Waals surface area contributed by atoms with Gasteiger partial charge in [0, 0.05) is 11.0 Å². The number of alkyl halides is 1. The molecule has 0 amide bonds. The van der Waals surface area contributed by atoms with Crippen LogP contribution in [0.4, 0.5) is 0 Å². The van der Waals surface area contributed by atoms with Crippen molar-refractivity contribution in [2.45, 2.75) is 50.9 Å². The molecule has 3 aliphatic rings. The van der Waals surface area contributed by atoms with Crippen LogP contribution in [-0.4, -0.2) is 16.9 Å². The number of halogens is 1. The van der Waals surface area contributed by atoms with Gasteiger partial charge in [0.15, 0.2) is 5.78 Å². The molecular formula is C18H21BrO2. The molecule has 0 unspecified atom stereocenters. The van der Waals surface area contributed by atoms with Gasteiger partial charge in [-0.25, -0.2) is 0 Å². The summed E-state index contributed by atoms with van der Waals surface area (Å²) in [6.45, 7) is 1.61. The van der Waals surface area contributed by atoms with E-state index in [2.05, 4.69) is 28.1 Å². The Balaban J connectivity index is 1.83. The number of carbonyl (C=O) groups is 2. The Morgan fingerprint density at radius 2 is 1.52 bits per heavy atom. The summed E-state index contributed by atoms with van der Waals surface area (Å²) in [6, 6.07) is 8.15. The molecule has 112 valence electrons. The fourth-order valence-corrected chi connectivity index (χ4v) is 4.83. The van der Waals surface area contributed by atoms with E-state index >= 15 is 0 Å². The summed E-state index contributed by atoms with van der Waals surface area (Å²) < 4.78 is 0. The topological polar surface area (TPSA) is 34.1 Å². The molecule has 3 saturated carbocycles. The van der Waals surface area contributed by atoms with Crippen LogP contribution in [0.25, 0.3) is 0 Å². The summed E-state index contributed by atoms with van der Waals surface area (Å²) in [7, 11) is 0. The van der Waals surface area contributed by atoms with Crippen molar-refractivity contribution in [1.29, 1.82) is 0 Å². The number of benzene rings is 1. The number of hydrogen-bond donors (Lipinski definition) is 0. The fourth-order valence-electron chi connectivity index (χ4n) is 4.24. The lowest BCUT2D eigenvalue weighted by molar-refractivity contribution is -0.132. The molecule has 0 N–H and O–H groups in total. The Hall–Kier alpha value is -0.960. The maximum Gasteiger partial charge on any atom is 0.159 e. The SMILES string of the molecule is CC(=O)c1ccc(C23CCC(C(=O)CBr)(CC2)CC3)cc1. The van der Waals surface area contributed by atoms with E-state index in [4.69, 9.17) is 0 Å². The van der Waals surface area contributed by atoms with E-state index < -0.39 is 0 Å². The van der Waals surface area contributed by atoms with Crippen LogP contribution in [0.1, 0.15) is 61.4 Å². The zero-order valence-corrected chi connectivity index (χ0v) is 14.0. The molecule has 0 saturated heterocycles. The van der Waals surface area contributed by atoms with E-state index in [-0.39, 0.29) is 16.6 Å². The molecule has 3 fully saturated rings. The van der Waals surface area contributed by atoms with Crippen molar-refractivity contribution in [3.63, 3.8) is 0 Å². The smallest absolute Gasteiger partial charge is 0.159 e. The Labute approximate surface area is 134 Å². The maximum absolute atomic E-state index is 12.2. The zero-order chi connectivity index (χ0) is 15.1. The molecule has 2 nitrogen and oxygen atoms in total. The predicted molar refractivity (Wildman–Crippen MR) is 87.1 cm³/mol. The second-order valence-electron chi connectivity index (χ2n) is 6.75. The van der Waals surface area contributed by atoms with Crippen molar-refractivity contribution in [3.05, 3.63) is 35.4 Å². The average Bonchev–Trinajstić information content (AvgIpc) is 2.55. The van der Waals surface area contributed by atoms with Gasteiger partial charge in [0.1, 0.15) is 5.78 Å². The molecule has 3 aliphatic carbocycles. The highest BCUT2D eigenvalue weighted by Crippen LogP contribution is 2.58. The van der Waals surface area contributed by atoms with Gasteiger partial charge >= 0.3 is 0 Å². The second-order valence-corrected chi connectivity index (χ2v) is 7.31. The molecule has 0 aromatic heterocycles. The third kappa shape index (κ3) is 2.40. The van der Waals surface area contributed by atoms with Gasteiger partial charge < -0.3 is 0 Å². The van der Waals surface area contributed by atoms with E-state index in [1.165, 1.54) is 5.56 Å². The van der Waals surface area contributed by atoms with Crippen molar-refractivity contribution >= 4 is 27.5 Å². The highest BCUT2D eigenvalue weighted by molar-refractivity contribution is 9.09. The molecule has 1 aromatic rings. The number of carbonyl (C=O) groups excluding carboxylic acids is 2. The first-order valence-corrected chi connectivity index (χ1v) is 8.84. The Morgan fingerprint density at radius 3 is 1.95 bits per heavy atom. The summed E-state index contributed by atoms with van der Waals surface area (Å²) in [6.07, 6.45) is 6.37. The molecule has 0 atom stereocenters. The van der Waals surface area contributed by atoms with Gasteiger partial charge in [-0.05, 0) is 56.4 Å². The van der Waals surface area contributed by atoms with Gasteiger partial charge in [0.25, 0.3) is 0 Å². The number of hydrogen-bond acceptors (Lipinski definition) is 2. The van der Waals surface area contributed by atoms with Gasteiger partial charge in [-0.2, -0.15) is 0 Å². The minimum absolute atomic E-state index is 0.0510. The molecule has 2 bridgehead atoms. The fraction of sp³-hybridized carbons (Fsp3) is 0.556. The lowest BCUT2D eigenvalue weighted by Gasteiger charge is -2.53. The van der Waals surface area contributed by atoms with Crippen molar-refractivity contribution < 1.29 is 9.59 Å². The molecule has 0 heterocycles. The second kappa shape index (κ2) is 5.35. The van der Waals surface area contributed by atoms with Crippen LogP contribution in [0.5, 0.6) is 0 Å². The molecule has 3 heteroatoms. The number of ketones is 2. The lowest BCUT2D eigenvalue weighted by atomic mass is 9.51. The molecule has 0 spiro atoms. The van der Waals surface area contributed by atoms with Crippen LogP contribution in [-0.2, 0) is 10.2 Å². The number of rotatable bonds is 4. The Kier molecular flexibility index (Phi) is 3.81. The van der Waals surface area contributed by atoms with Crippen LogP contribution in [0.15, 0.2) is 24.3 Å². The van der Waals surface area contributed by atoms with Gasteiger partial charge in [-0.3, -0.25) is 9.59 Å². The van der Waals surface area contributed by atoms with E-state index in [9.17, 15) is 9.59 Å². The largest absolute Gasteiger partial charge is 0.298 e. The van der Waals surface area contributed by atoms with Crippen LogP contribution in [0, 0.1) is 5.41 Å². The first-order valence-electron chi connectivity index (χ1n) is 7.72. The first kappa shape index (κ1) is 15.0. The van der Waals surface area contributed by atoms with Gasteiger partial charge in [0.2, 0.25) is 0 Å². The van der Waals surface area contributed by atoms with Crippen LogP contribution < -0.4 is 0 Å². The standard InChI is InChI=1S/C18H21BrO2/c1-13(20)14-2-4-15(5-3-14)17-6-9-18(10-7-17,11-8-17)16(21)12-19/h2-5H,6-12H2,1H3. The summed E-state index contributed by atoms with van der Waals surface area (Å²) in [5.41, 5.74) is 2.33. The molecule has 1 aromatic carbocycles. The maximum atomic E-state index is 12.2. The highest BCUT2D eigenvalue weighted by atomic mass is 79.9. The predicted octanol–water partition coefficient (Wildman–Crippen LogP) is 4.45. The van der Waals surface area contributed by atoms with E-state index in [0.717, 1.165) is 44.1 Å². The summed E-state index contributed by atoms with van der Waals surface area (Å²) in [4.78, 5) is 23.6. The van der Waals surface area contributed by atoms with Crippen molar-refractivity contribution in [1.82, 2.24) is 0 Å². The minimum atomic E-state index is -0.0510. The highest BCUT2D eigenvalue weighted by Gasteiger charge is 2.52.